The Hall–Kier alpha value is -1.39. The van der Waals surface area contributed by atoms with Gasteiger partial charge in [0, 0.05) is 6.04 Å². The molecular weight excluding hydrogens is 321 g/mol. The second-order valence-electron chi connectivity index (χ2n) is 4.85. The van der Waals surface area contributed by atoms with E-state index in [1.165, 1.54) is 6.07 Å². The first-order valence-corrected chi connectivity index (χ1v) is 7.19. The molecule has 4 heteroatoms. The second kappa shape index (κ2) is 6.37. The summed E-state index contributed by atoms with van der Waals surface area (Å²) in [5.74, 6) is 0.543. The van der Waals surface area contributed by atoms with Gasteiger partial charge in [-0.3, -0.25) is 0 Å². The van der Waals surface area contributed by atoms with Crippen LogP contribution in [0.2, 0.25) is 0 Å². The van der Waals surface area contributed by atoms with Crippen molar-refractivity contribution in [2.75, 3.05) is 0 Å². The molecule has 2 rings (SSSR count). The summed E-state index contributed by atoms with van der Waals surface area (Å²) in [7, 11) is 0. The van der Waals surface area contributed by atoms with E-state index in [-0.39, 0.29) is 11.9 Å². The Balaban J connectivity index is 2.09. The van der Waals surface area contributed by atoms with Crippen LogP contribution in [0, 0.1) is 12.7 Å². The Morgan fingerprint density at radius 1 is 1.25 bits per heavy atom. The lowest BCUT2D eigenvalue weighted by atomic mass is 10.1. The topological polar surface area (TPSA) is 35.2 Å². The third kappa shape index (κ3) is 3.58. The van der Waals surface area contributed by atoms with Crippen LogP contribution in [0.5, 0.6) is 5.75 Å². The fourth-order valence-electron chi connectivity index (χ4n) is 1.91. The molecule has 106 valence electrons. The smallest absolute Gasteiger partial charge is 0.137 e. The second-order valence-corrected chi connectivity index (χ2v) is 5.71. The van der Waals surface area contributed by atoms with Gasteiger partial charge in [0.25, 0.3) is 0 Å². The van der Waals surface area contributed by atoms with Gasteiger partial charge in [0.15, 0.2) is 0 Å². The molecule has 0 radical (unpaired) electrons. The molecule has 20 heavy (non-hydrogen) atoms. The lowest BCUT2D eigenvalue weighted by molar-refractivity contribution is 0.303. The highest BCUT2D eigenvalue weighted by molar-refractivity contribution is 9.10. The summed E-state index contributed by atoms with van der Waals surface area (Å²) in [5, 5.41) is 0. The third-order valence-corrected chi connectivity index (χ3v) is 3.71. The van der Waals surface area contributed by atoms with Gasteiger partial charge in [-0.15, -0.1) is 0 Å². The monoisotopic (exact) mass is 337 g/mol. The van der Waals surface area contributed by atoms with Crippen LogP contribution in [0.3, 0.4) is 0 Å². The van der Waals surface area contributed by atoms with Gasteiger partial charge in [0.2, 0.25) is 0 Å². The number of benzene rings is 2. The molecule has 0 amide bonds. The molecule has 0 saturated heterocycles. The summed E-state index contributed by atoms with van der Waals surface area (Å²) in [6, 6.07) is 10.8. The van der Waals surface area contributed by atoms with Crippen molar-refractivity contribution in [3.05, 3.63) is 63.4 Å². The maximum Gasteiger partial charge on any atom is 0.137 e. The van der Waals surface area contributed by atoms with Crippen molar-refractivity contribution in [1.29, 1.82) is 0 Å². The zero-order chi connectivity index (χ0) is 14.7. The van der Waals surface area contributed by atoms with Crippen LogP contribution in [0.4, 0.5) is 4.39 Å². The van der Waals surface area contributed by atoms with Crippen molar-refractivity contribution in [1.82, 2.24) is 0 Å². The molecule has 0 aliphatic heterocycles. The van der Waals surface area contributed by atoms with E-state index in [0.717, 1.165) is 22.4 Å². The first-order valence-electron chi connectivity index (χ1n) is 6.40. The third-order valence-electron chi connectivity index (χ3n) is 3.10. The Morgan fingerprint density at radius 2 is 2.00 bits per heavy atom. The lowest BCUT2D eigenvalue weighted by Crippen LogP contribution is -2.05. The van der Waals surface area contributed by atoms with E-state index in [9.17, 15) is 4.39 Å². The molecule has 0 heterocycles. The zero-order valence-electron chi connectivity index (χ0n) is 11.5. The Kier molecular flexibility index (Phi) is 4.78. The average molecular weight is 338 g/mol. The summed E-state index contributed by atoms with van der Waals surface area (Å²) in [6.45, 7) is 4.34. The van der Waals surface area contributed by atoms with Crippen molar-refractivity contribution in [2.24, 2.45) is 5.73 Å². The first-order chi connectivity index (χ1) is 9.47. The van der Waals surface area contributed by atoms with Crippen molar-refractivity contribution < 1.29 is 9.13 Å². The standard InChI is InChI=1S/C16H17BrFNO/c1-10-7-13(11(2)19)4-6-16(10)20-9-12-3-5-15(18)14(17)8-12/h3-8,11H,9,19H2,1-2H3/t11-/m0/s1. The lowest BCUT2D eigenvalue weighted by Gasteiger charge is -2.12. The highest BCUT2D eigenvalue weighted by atomic mass is 79.9. The fourth-order valence-corrected chi connectivity index (χ4v) is 2.33. The summed E-state index contributed by atoms with van der Waals surface area (Å²) >= 11 is 3.17. The van der Waals surface area contributed by atoms with Crippen LogP contribution >= 0.6 is 15.9 Å². The highest BCUT2D eigenvalue weighted by Gasteiger charge is 2.06. The molecule has 0 spiro atoms. The minimum absolute atomic E-state index is 0.0100. The maximum absolute atomic E-state index is 13.1. The summed E-state index contributed by atoms with van der Waals surface area (Å²) < 4.78 is 19.4. The van der Waals surface area contributed by atoms with Gasteiger partial charge in [-0.1, -0.05) is 18.2 Å². The Morgan fingerprint density at radius 3 is 2.60 bits per heavy atom. The summed E-state index contributed by atoms with van der Waals surface area (Å²) in [5.41, 5.74) is 8.88. The fraction of sp³-hybridized carbons (Fsp3) is 0.250. The van der Waals surface area contributed by atoms with Crippen molar-refractivity contribution in [3.63, 3.8) is 0 Å². The molecule has 2 aromatic rings. The number of ether oxygens (including phenoxy) is 1. The van der Waals surface area contributed by atoms with Gasteiger partial charge in [0.05, 0.1) is 4.47 Å². The molecule has 2 N–H and O–H groups in total. The molecule has 0 aliphatic carbocycles. The number of rotatable bonds is 4. The van der Waals surface area contributed by atoms with Gasteiger partial charge >= 0.3 is 0 Å². The van der Waals surface area contributed by atoms with Crippen molar-refractivity contribution in [2.45, 2.75) is 26.5 Å². The Labute approximate surface area is 126 Å². The van der Waals surface area contributed by atoms with Gasteiger partial charge in [-0.25, -0.2) is 4.39 Å². The van der Waals surface area contributed by atoms with Crippen LogP contribution in [0.1, 0.15) is 29.7 Å². The largest absolute Gasteiger partial charge is 0.489 e. The maximum atomic E-state index is 13.1. The minimum atomic E-state index is -0.272. The van der Waals surface area contributed by atoms with Gasteiger partial charge in [-0.05, 0) is 64.7 Å². The molecule has 0 saturated carbocycles. The number of hydrogen-bond acceptors (Lipinski definition) is 2. The molecule has 0 fully saturated rings. The SMILES string of the molecule is Cc1cc([C@H](C)N)ccc1OCc1ccc(F)c(Br)c1. The first kappa shape index (κ1) is 15.0. The summed E-state index contributed by atoms with van der Waals surface area (Å²) in [6.07, 6.45) is 0. The Bertz CT molecular complexity index is 613. The van der Waals surface area contributed by atoms with Gasteiger partial charge in [0.1, 0.15) is 18.2 Å². The molecule has 1 atom stereocenters. The molecular formula is C16H17BrFNO. The highest BCUT2D eigenvalue weighted by Crippen LogP contribution is 2.23. The predicted octanol–water partition coefficient (Wildman–Crippen LogP) is 4.50. The van der Waals surface area contributed by atoms with Gasteiger partial charge in [-0.2, -0.15) is 0 Å². The average Bonchev–Trinajstić information content (AvgIpc) is 2.41. The van der Waals surface area contributed by atoms with Crippen LogP contribution in [-0.4, -0.2) is 0 Å². The molecule has 0 aromatic heterocycles. The molecule has 2 nitrogen and oxygen atoms in total. The van der Waals surface area contributed by atoms with E-state index in [0.29, 0.717) is 11.1 Å². The van der Waals surface area contributed by atoms with Gasteiger partial charge < -0.3 is 10.5 Å². The van der Waals surface area contributed by atoms with Crippen LogP contribution in [-0.2, 0) is 6.61 Å². The normalized spacial score (nSPS) is 12.2. The van der Waals surface area contributed by atoms with E-state index in [4.69, 9.17) is 10.5 Å². The number of hydrogen-bond donors (Lipinski definition) is 1. The van der Waals surface area contributed by atoms with E-state index in [1.807, 2.05) is 32.0 Å². The zero-order valence-corrected chi connectivity index (χ0v) is 13.1. The molecule has 0 aliphatic rings. The molecule has 0 unspecified atom stereocenters. The van der Waals surface area contributed by atoms with Crippen LogP contribution < -0.4 is 10.5 Å². The number of aryl methyl sites for hydroxylation is 1. The quantitative estimate of drug-likeness (QED) is 0.891. The summed E-state index contributed by atoms with van der Waals surface area (Å²) in [4.78, 5) is 0. The van der Waals surface area contributed by atoms with E-state index in [1.54, 1.807) is 12.1 Å². The minimum Gasteiger partial charge on any atom is -0.489 e. The number of nitrogens with two attached hydrogens (primary N) is 1. The predicted molar refractivity (Wildman–Crippen MR) is 82.2 cm³/mol. The number of halogens is 2. The molecule has 2 aromatic carbocycles. The van der Waals surface area contributed by atoms with E-state index in [2.05, 4.69) is 15.9 Å². The van der Waals surface area contributed by atoms with E-state index < -0.39 is 0 Å². The van der Waals surface area contributed by atoms with Crippen molar-refractivity contribution in [3.8, 4) is 5.75 Å². The van der Waals surface area contributed by atoms with Crippen molar-refractivity contribution >= 4 is 15.9 Å². The molecule has 0 bridgehead atoms. The van der Waals surface area contributed by atoms with Crippen LogP contribution in [0.15, 0.2) is 40.9 Å². The van der Waals surface area contributed by atoms with E-state index >= 15 is 0 Å². The van der Waals surface area contributed by atoms with Crippen LogP contribution in [0.25, 0.3) is 0 Å².